The first-order valence-electron chi connectivity index (χ1n) is 7.75. The van der Waals surface area contributed by atoms with Crippen LogP contribution in [0.15, 0.2) is 46.0 Å². The van der Waals surface area contributed by atoms with Gasteiger partial charge in [0.1, 0.15) is 5.75 Å². The number of rotatable bonds is 1. The highest BCUT2D eigenvalue weighted by Gasteiger charge is 2.38. The van der Waals surface area contributed by atoms with Gasteiger partial charge in [0.2, 0.25) is 0 Å². The molecule has 2 unspecified atom stereocenters. The van der Waals surface area contributed by atoms with Gasteiger partial charge < -0.3 is 10.5 Å². The normalized spacial score (nSPS) is 28.4. The summed E-state index contributed by atoms with van der Waals surface area (Å²) in [6.45, 7) is 1.03. The van der Waals surface area contributed by atoms with Crippen molar-refractivity contribution < 1.29 is 9.32 Å². The van der Waals surface area contributed by atoms with Gasteiger partial charge in [-0.1, -0.05) is 12.1 Å². The lowest BCUT2D eigenvalue weighted by Gasteiger charge is -2.33. The highest BCUT2D eigenvalue weighted by molar-refractivity contribution is 7.89. The molecule has 2 aliphatic heterocycles. The number of nitrogens with one attached hydrogen (secondary N) is 1. The van der Waals surface area contributed by atoms with E-state index in [-0.39, 0.29) is 11.0 Å². The first kappa shape index (κ1) is 14.0. The topological polar surface area (TPSA) is 52.6 Å². The molecular weight excluding hydrogens is 296 g/mol. The molecule has 4 rings (SSSR count). The van der Waals surface area contributed by atoms with E-state index in [0.717, 1.165) is 42.7 Å². The standard InChI is InChI=1S/C17H20N2O2S/c1-19-9-8-12-4-7-15-14(17(12)18-19)10-16(22(15)21)11-2-5-13(20)6-3-11/h2-3,5-6,16,18,20H,4,7-10H2,1H3. The van der Waals surface area contributed by atoms with Gasteiger partial charge >= 0.3 is 0 Å². The van der Waals surface area contributed by atoms with E-state index in [4.69, 9.17) is 0 Å². The molecule has 2 atom stereocenters. The van der Waals surface area contributed by atoms with E-state index < -0.39 is 10.8 Å². The first-order valence-corrected chi connectivity index (χ1v) is 8.96. The highest BCUT2D eigenvalue weighted by Crippen LogP contribution is 2.47. The molecule has 0 radical (unpaired) electrons. The summed E-state index contributed by atoms with van der Waals surface area (Å²) in [7, 11) is 1.10. The maximum absolute atomic E-state index is 12.9. The SMILES string of the molecule is CN1CCC2=C(N1)C1=C(CC2)S(=O)C(c2ccc(O)cc2)C1. The van der Waals surface area contributed by atoms with Gasteiger partial charge in [-0.2, -0.15) is 0 Å². The van der Waals surface area contributed by atoms with E-state index in [0.29, 0.717) is 0 Å². The molecule has 0 aromatic heterocycles. The molecule has 0 amide bonds. The molecule has 1 aliphatic carbocycles. The van der Waals surface area contributed by atoms with Crippen molar-refractivity contribution in [1.29, 1.82) is 0 Å². The van der Waals surface area contributed by atoms with E-state index in [2.05, 4.69) is 17.5 Å². The second kappa shape index (κ2) is 5.25. The van der Waals surface area contributed by atoms with Crippen molar-refractivity contribution in [2.45, 2.75) is 30.9 Å². The maximum Gasteiger partial charge on any atom is 0.115 e. The van der Waals surface area contributed by atoms with Crippen molar-refractivity contribution in [3.8, 4) is 5.75 Å². The van der Waals surface area contributed by atoms with Crippen LogP contribution in [0.4, 0.5) is 0 Å². The molecular formula is C17H20N2O2S. The minimum atomic E-state index is -0.956. The van der Waals surface area contributed by atoms with Crippen molar-refractivity contribution in [3.05, 3.63) is 51.6 Å². The molecule has 2 N–H and O–H groups in total. The van der Waals surface area contributed by atoms with Crippen LogP contribution in [0.3, 0.4) is 0 Å². The number of hydrogen-bond donors (Lipinski definition) is 2. The van der Waals surface area contributed by atoms with Gasteiger partial charge in [-0.3, -0.25) is 4.21 Å². The summed E-state index contributed by atoms with van der Waals surface area (Å²) >= 11 is 0. The van der Waals surface area contributed by atoms with Gasteiger partial charge in [0.25, 0.3) is 0 Å². The van der Waals surface area contributed by atoms with Gasteiger partial charge in [0, 0.05) is 18.5 Å². The Hall–Kier alpha value is -1.59. The van der Waals surface area contributed by atoms with Crippen molar-refractivity contribution in [3.63, 3.8) is 0 Å². The van der Waals surface area contributed by atoms with Crippen LogP contribution >= 0.6 is 0 Å². The third-order valence-electron chi connectivity index (χ3n) is 4.85. The molecule has 4 nitrogen and oxygen atoms in total. The third kappa shape index (κ3) is 2.20. The second-order valence-corrected chi connectivity index (χ2v) is 7.90. The lowest BCUT2D eigenvalue weighted by atomic mass is 9.89. The second-order valence-electron chi connectivity index (χ2n) is 6.25. The molecule has 0 spiro atoms. The van der Waals surface area contributed by atoms with Crippen molar-refractivity contribution in [2.75, 3.05) is 13.6 Å². The zero-order valence-corrected chi connectivity index (χ0v) is 13.4. The fraction of sp³-hybridized carbons (Fsp3) is 0.412. The monoisotopic (exact) mass is 316 g/mol. The zero-order valence-electron chi connectivity index (χ0n) is 12.6. The average Bonchev–Trinajstić information content (AvgIpc) is 2.86. The summed E-state index contributed by atoms with van der Waals surface area (Å²) in [5.41, 5.74) is 8.51. The van der Waals surface area contributed by atoms with Gasteiger partial charge in [-0.05, 0) is 54.5 Å². The minimum Gasteiger partial charge on any atom is -0.508 e. The van der Waals surface area contributed by atoms with Gasteiger partial charge in [0.05, 0.1) is 21.7 Å². The Labute approximate surface area is 132 Å². The van der Waals surface area contributed by atoms with Crippen molar-refractivity contribution in [2.24, 2.45) is 0 Å². The Bertz CT molecular complexity index is 706. The predicted octanol–water partition coefficient (Wildman–Crippen LogP) is 2.73. The Morgan fingerprint density at radius 3 is 2.77 bits per heavy atom. The van der Waals surface area contributed by atoms with E-state index in [1.807, 2.05) is 12.1 Å². The Kier molecular flexibility index (Phi) is 3.35. The molecule has 0 bridgehead atoms. The molecule has 5 heteroatoms. The summed E-state index contributed by atoms with van der Waals surface area (Å²) in [6.07, 6.45) is 3.89. The first-order chi connectivity index (χ1) is 10.6. The van der Waals surface area contributed by atoms with Crippen LogP contribution in [0.5, 0.6) is 5.75 Å². The van der Waals surface area contributed by atoms with E-state index in [1.165, 1.54) is 16.8 Å². The Morgan fingerprint density at radius 2 is 2.00 bits per heavy atom. The largest absolute Gasteiger partial charge is 0.508 e. The van der Waals surface area contributed by atoms with Crippen molar-refractivity contribution >= 4 is 10.8 Å². The molecule has 116 valence electrons. The van der Waals surface area contributed by atoms with Gasteiger partial charge in [-0.25, -0.2) is 5.01 Å². The summed E-state index contributed by atoms with van der Waals surface area (Å²) in [5.74, 6) is 0.255. The number of nitrogens with zero attached hydrogens (tertiary/aromatic N) is 1. The Balaban J connectivity index is 1.67. The summed E-state index contributed by atoms with van der Waals surface area (Å²) in [4.78, 5) is 1.12. The van der Waals surface area contributed by atoms with Crippen molar-refractivity contribution in [1.82, 2.24) is 10.4 Å². The van der Waals surface area contributed by atoms with Crippen LogP contribution in [-0.2, 0) is 10.8 Å². The number of hydrazine groups is 1. The van der Waals surface area contributed by atoms with Crippen LogP contribution in [0.25, 0.3) is 0 Å². The number of benzene rings is 1. The fourth-order valence-electron chi connectivity index (χ4n) is 3.64. The van der Waals surface area contributed by atoms with Crippen LogP contribution in [-0.4, -0.2) is 27.9 Å². The number of hydrogen-bond acceptors (Lipinski definition) is 4. The smallest absolute Gasteiger partial charge is 0.115 e. The van der Waals surface area contributed by atoms with Crippen LogP contribution in [0, 0.1) is 0 Å². The number of phenolic OH excluding ortho intramolecular Hbond substituents is 1. The van der Waals surface area contributed by atoms with Gasteiger partial charge in [-0.15, -0.1) is 0 Å². The molecule has 2 heterocycles. The molecule has 1 aromatic rings. The molecule has 0 fully saturated rings. The van der Waals surface area contributed by atoms with E-state index in [9.17, 15) is 9.32 Å². The summed E-state index contributed by atoms with van der Waals surface area (Å²) < 4.78 is 12.9. The maximum atomic E-state index is 12.9. The zero-order chi connectivity index (χ0) is 15.3. The quantitative estimate of drug-likeness (QED) is 0.836. The summed E-state index contributed by atoms with van der Waals surface area (Å²) in [5, 5.41) is 11.6. The highest BCUT2D eigenvalue weighted by atomic mass is 32.2. The Morgan fingerprint density at radius 1 is 1.23 bits per heavy atom. The lowest BCUT2D eigenvalue weighted by Crippen LogP contribution is -2.40. The number of phenols is 1. The third-order valence-corrected chi connectivity index (χ3v) is 6.74. The number of allylic oxidation sites excluding steroid dienone is 2. The number of aromatic hydroxyl groups is 1. The van der Waals surface area contributed by atoms with Crippen LogP contribution in [0.1, 0.15) is 36.5 Å². The minimum absolute atomic E-state index is 0.0199. The lowest BCUT2D eigenvalue weighted by molar-refractivity contribution is 0.248. The molecule has 0 saturated heterocycles. The van der Waals surface area contributed by atoms with E-state index >= 15 is 0 Å². The van der Waals surface area contributed by atoms with E-state index in [1.54, 1.807) is 12.1 Å². The molecule has 0 saturated carbocycles. The van der Waals surface area contributed by atoms with Crippen LogP contribution < -0.4 is 5.43 Å². The molecule has 3 aliphatic rings. The number of fused-ring (bicyclic) bond motifs is 1. The van der Waals surface area contributed by atoms with Crippen LogP contribution in [0.2, 0.25) is 0 Å². The summed E-state index contributed by atoms with van der Waals surface area (Å²) in [6, 6.07) is 7.15. The predicted molar refractivity (Wildman–Crippen MR) is 87.3 cm³/mol. The molecule has 22 heavy (non-hydrogen) atoms. The van der Waals surface area contributed by atoms with Gasteiger partial charge in [0.15, 0.2) is 0 Å². The average molecular weight is 316 g/mol. The molecule has 1 aromatic carbocycles. The fourth-order valence-corrected chi connectivity index (χ4v) is 5.44.